The number of rotatable bonds is 4. The smallest absolute Gasteiger partial charge is 0.0772 e. The molecule has 1 aromatic rings. The topological polar surface area (TPSA) is 29.3 Å². The van der Waals surface area contributed by atoms with Gasteiger partial charge >= 0.3 is 0 Å². The van der Waals surface area contributed by atoms with Crippen LogP contribution in [0, 0.1) is 23.7 Å². The van der Waals surface area contributed by atoms with E-state index in [9.17, 15) is 0 Å². The van der Waals surface area contributed by atoms with Crippen LogP contribution in [0.4, 0.5) is 0 Å². The number of nitrogens with zero attached hydrogens (tertiary/aromatic N) is 1. The average Bonchev–Trinajstić information content (AvgIpc) is 2.78. The van der Waals surface area contributed by atoms with Crippen LogP contribution in [0.5, 0.6) is 0 Å². The van der Waals surface area contributed by atoms with Crippen molar-refractivity contribution in [2.24, 2.45) is 17.6 Å². The largest absolute Gasteiger partial charge is 0.320 e. The molecule has 1 fully saturated rings. The maximum Gasteiger partial charge on any atom is 0.0772 e. The minimum atomic E-state index is 0.437. The predicted octanol–water partition coefficient (Wildman–Crippen LogP) is 2.15. The Balaban J connectivity index is 1.83. The number of thiophene rings is 1. The van der Waals surface area contributed by atoms with Gasteiger partial charge in [0.2, 0.25) is 0 Å². The van der Waals surface area contributed by atoms with Crippen molar-refractivity contribution in [3.8, 4) is 11.8 Å². The number of hydrogen-bond donors (Lipinski definition) is 1. The van der Waals surface area contributed by atoms with Crippen LogP contribution in [-0.4, -0.2) is 25.0 Å². The molecule has 1 aromatic heterocycles. The normalized spacial score (nSPS) is 22.4. The first-order valence-corrected chi connectivity index (χ1v) is 6.97. The summed E-state index contributed by atoms with van der Waals surface area (Å²) in [5, 5.41) is 0. The van der Waals surface area contributed by atoms with Crippen LogP contribution in [0.15, 0.2) is 12.1 Å². The van der Waals surface area contributed by atoms with Crippen molar-refractivity contribution >= 4 is 11.3 Å². The highest BCUT2D eigenvalue weighted by atomic mass is 32.1. The molecule has 0 bridgehead atoms. The third-order valence-corrected chi connectivity index (χ3v) is 4.21. The summed E-state index contributed by atoms with van der Waals surface area (Å²) in [6, 6.07) is 4.27. The third-order valence-electron chi connectivity index (χ3n) is 3.22. The second kappa shape index (κ2) is 5.68. The van der Waals surface area contributed by atoms with Crippen molar-refractivity contribution in [1.82, 2.24) is 4.90 Å². The van der Waals surface area contributed by atoms with Crippen molar-refractivity contribution in [2.75, 3.05) is 20.1 Å². The molecule has 92 valence electrons. The number of nitrogens with two attached hydrogens (primary N) is 1. The molecule has 0 amide bonds. The molecule has 3 heteroatoms. The van der Waals surface area contributed by atoms with E-state index in [1.807, 2.05) is 0 Å². The van der Waals surface area contributed by atoms with E-state index in [1.165, 1.54) is 17.8 Å². The molecule has 2 rings (SSSR count). The highest BCUT2D eigenvalue weighted by molar-refractivity contribution is 7.12. The highest BCUT2D eigenvalue weighted by Gasteiger charge is 2.32. The monoisotopic (exact) mass is 248 g/mol. The second-order valence-electron chi connectivity index (χ2n) is 4.94. The summed E-state index contributed by atoms with van der Waals surface area (Å²) in [6.07, 6.45) is 1.40. The number of hydrogen-bond acceptors (Lipinski definition) is 3. The van der Waals surface area contributed by atoms with Crippen molar-refractivity contribution in [3.05, 3.63) is 21.9 Å². The Bertz CT molecular complexity index is 427. The maximum absolute atomic E-state index is 5.36. The van der Waals surface area contributed by atoms with Gasteiger partial charge in [-0.25, -0.2) is 0 Å². The quantitative estimate of drug-likeness (QED) is 0.827. The summed E-state index contributed by atoms with van der Waals surface area (Å²) in [5.41, 5.74) is 5.36. The molecule has 1 aliphatic rings. The van der Waals surface area contributed by atoms with Gasteiger partial charge in [0.1, 0.15) is 0 Å². The van der Waals surface area contributed by atoms with Crippen molar-refractivity contribution in [2.45, 2.75) is 19.9 Å². The molecule has 2 atom stereocenters. The van der Waals surface area contributed by atoms with Gasteiger partial charge in [-0.2, -0.15) is 0 Å². The van der Waals surface area contributed by atoms with E-state index in [-0.39, 0.29) is 0 Å². The van der Waals surface area contributed by atoms with Crippen LogP contribution >= 0.6 is 11.3 Å². The van der Waals surface area contributed by atoms with E-state index in [1.54, 1.807) is 11.3 Å². The van der Waals surface area contributed by atoms with Crippen molar-refractivity contribution < 1.29 is 0 Å². The van der Waals surface area contributed by atoms with Gasteiger partial charge in [-0.3, -0.25) is 0 Å². The minimum absolute atomic E-state index is 0.437. The predicted molar refractivity (Wildman–Crippen MR) is 73.9 cm³/mol. The zero-order valence-electron chi connectivity index (χ0n) is 10.6. The van der Waals surface area contributed by atoms with Crippen LogP contribution in [0.2, 0.25) is 0 Å². The van der Waals surface area contributed by atoms with Crippen molar-refractivity contribution in [1.29, 1.82) is 0 Å². The summed E-state index contributed by atoms with van der Waals surface area (Å²) in [7, 11) is 2.20. The van der Waals surface area contributed by atoms with E-state index in [4.69, 9.17) is 5.73 Å². The summed E-state index contributed by atoms with van der Waals surface area (Å²) in [4.78, 5) is 4.93. The van der Waals surface area contributed by atoms with Gasteiger partial charge in [0.05, 0.1) is 11.4 Å². The first-order chi connectivity index (χ1) is 8.19. The Morgan fingerprint density at radius 3 is 2.94 bits per heavy atom. The SMILES string of the molecule is CC1CC1CN(C)Cc1ccc(C#CCN)s1. The second-order valence-corrected chi connectivity index (χ2v) is 6.11. The molecular weight excluding hydrogens is 228 g/mol. The van der Waals surface area contributed by atoms with Crippen LogP contribution < -0.4 is 5.73 Å². The Morgan fingerprint density at radius 2 is 2.29 bits per heavy atom. The summed E-state index contributed by atoms with van der Waals surface area (Å²) < 4.78 is 0. The van der Waals surface area contributed by atoms with E-state index in [2.05, 4.69) is 42.8 Å². The lowest BCUT2D eigenvalue weighted by Gasteiger charge is -2.14. The fourth-order valence-electron chi connectivity index (χ4n) is 2.05. The molecule has 0 saturated heterocycles. The van der Waals surface area contributed by atoms with Crippen LogP contribution in [0.3, 0.4) is 0 Å². The Morgan fingerprint density at radius 1 is 1.53 bits per heavy atom. The van der Waals surface area contributed by atoms with Crippen LogP contribution in [-0.2, 0) is 6.54 Å². The van der Waals surface area contributed by atoms with Crippen LogP contribution in [0.25, 0.3) is 0 Å². The molecule has 0 aliphatic heterocycles. The van der Waals surface area contributed by atoms with Crippen molar-refractivity contribution in [3.63, 3.8) is 0 Å². The van der Waals surface area contributed by atoms with E-state index in [0.29, 0.717) is 6.54 Å². The molecule has 1 aliphatic carbocycles. The van der Waals surface area contributed by atoms with Gasteiger partial charge in [0, 0.05) is 18.0 Å². The molecule has 17 heavy (non-hydrogen) atoms. The van der Waals surface area contributed by atoms with E-state index in [0.717, 1.165) is 23.3 Å². The summed E-state index contributed by atoms with van der Waals surface area (Å²) in [6.45, 7) is 5.04. The Kier molecular flexibility index (Phi) is 4.22. The molecule has 0 aromatic carbocycles. The molecule has 2 unspecified atom stereocenters. The van der Waals surface area contributed by atoms with Gasteiger partial charge in [-0.1, -0.05) is 18.8 Å². The van der Waals surface area contributed by atoms with Gasteiger partial charge in [-0.15, -0.1) is 11.3 Å². The van der Waals surface area contributed by atoms with Crippen LogP contribution in [0.1, 0.15) is 23.1 Å². The van der Waals surface area contributed by atoms with Gasteiger partial charge in [-0.05, 0) is 37.4 Å². The molecule has 2 nitrogen and oxygen atoms in total. The Hall–Kier alpha value is -0.820. The minimum Gasteiger partial charge on any atom is -0.320 e. The first-order valence-electron chi connectivity index (χ1n) is 6.15. The van der Waals surface area contributed by atoms with E-state index >= 15 is 0 Å². The van der Waals surface area contributed by atoms with Gasteiger partial charge < -0.3 is 10.6 Å². The van der Waals surface area contributed by atoms with Gasteiger partial charge in [0.25, 0.3) is 0 Å². The average molecular weight is 248 g/mol. The Labute approximate surface area is 108 Å². The molecule has 1 heterocycles. The molecular formula is C14H20N2S. The zero-order chi connectivity index (χ0) is 12.3. The lowest BCUT2D eigenvalue weighted by Crippen LogP contribution is -2.20. The van der Waals surface area contributed by atoms with E-state index < -0.39 is 0 Å². The fraction of sp³-hybridized carbons (Fsp3) is 0.571. The first kappa shape index (κ1) is 12.6. The molecule has 2 N–H and O–H groups in total. The third kappa shape index (κ3) is 3.85. The summed E-state index contributed by atoms with van der Waals surface area (Å²) in [5.74, 6) is 7.84. The molecule has 0 radical (unpaired) electrons. The standard InChI is InChI=1S/C14H20N2S/c1-11-8-12(11)9-16(2)10-14-6-5-13(17-14)4-3-7-15/h5-6,11-12H,7-10,15H2,1-2H3. The fourth-order valence-corrected chi connectivity index (χ4v) is 3.02. The lowest BCUT2D eigenvalue weighted by atomic mass is 10.3. The summed E-state index contributed by atoms with van der Waals surface area (Å²) >= 11 is 1.78. The molecule has 1 saturated carbocycles. The maximum atomic E-state index is 5.36. The molecule has 0 spiro atoms. The lowest BCUT2D eigenvalue weighted by molar-refractivity contribution is 0.310. The van der Waals surface area contributed by atoms with Gasteiger partial charge in [0.15, 0.2) is 0 Å². The highest BCUT2D eigenvalue weighted by Crippen LogP contribution is 2.38. The zero-order valence-corrected chi connectivity index (χ0v) is 11.4.